The molecule has 1 atom stereocenters. The molecule has 1 unspecified atom stereocenters. The summed E-state index contributed by atoms with van der Waals surface area (Å²) >= 11 is 5.75. The third kappa shape index (κ3) is 4.03. The van der Waals surface area contributed by atoms with E-state index in [1.165, 1.54) is 0 Å². The molecular weight excluding hydrogens is 326 g/mol. The topological polar surface area (TPSA) is 62.2 Å². The number of carbonyl (C=O) groups excluding carboxylic acids is 1. The maximum absolute atomic E-state index is 13.2. The smallest absolute Gasteiger partial charge is 0.253 e. The largest absolute Gasteiger partial charge is 0.389 e. The van der Waals surface area contributed by atoms with E-state index >= 15 is 0 Å². The summed E-state index contributed by atoms with van der Waals surface area (Å²) in [7, 11) is 0. The third-order valence-electron chi connectivity index (χ3n) is 3.32. The number of amides is 1. The summed E-state index contributed by atoms with van der Waals surface area (Å²) in [6, 6.07) is 4.90. The van der Waals surface area contributed by atoms with E-state index < -0.39 is 23.6 Å². The Balaban J connectivity index is 2.11. The van der Waals surface area contributed by atoms with Crippen LogP contribution in [0.1, 0.15) is 40.3 Å². The zero-order valence-electron chi connectivity index (χ0n) is 12.5. The highest BCUT2D eigenvalue weighted by atomic mass is 35.5. The van der Waals surface area contributed by atoms with Crippen LogP contribution < -0.4 is 5.32 Å². The van der Waals surface area contributed by atoms with E-state index in [4.69, 9.17) is 11.6 Å². The van der Waals surface area contributed by atoms with Gasteiger partial charge in [-0.05, 0) is 32.0 Å². The van der Waals surface area contributed by atoms with Crippen molar-refractivity contribution in [3.8, 4) is 0 Å². The van der Waals surface area contributed by atoms with Crippen molar-refractivity contribution in [2.45, 2.75) is 26.5 Å². The SMILES string of the molecule is Cc1nc(CNC(=O)c2cc(F)c(F)cc2Cl)ccc1C(C)O. The first kappa shape index (κ1) is 17.3. The van der Waals surface area contributed by atoms with Crippen LogP contribution in [0.25, 0.3) is 0 Å². The van der Waals surface area contributed by atoms with E-state index in [-0.39, 0.29) is 17.1 Å². The van der Waals surface area contributed by atoms with Crippen LogP contribution in [-0.4, -0.2) is 16.0 Å². The van der Waals surface area contributed by atoms with Crippen molar-refractivity contribution in [3.63, 3.8) is 0 Å². The van der Waals surface area contributed by atoms with E-state index in [2.05, 4.69) is 10.3 Å². The van der Waals surface area contributed by atoms with Crippen molar-refractivity contribution in [2.75, 3.05) is 0 Å². The van der Waals surface area contributed by atoms with Crippen LogP contribution in [0, 0.1) is 18.6 Å². The first-order valence-electron chi connectivity index (χ1n) is 6.86. The van der Waals surface area contributed by atoms with Crippen molar-refractivity contribution < 1.29 is 18.7 Å². The standard InChI is InChI=1S/C16H15ClF2N2O2/c1-8-11(9(2)22)4-3-10(21-8)7-20-16(23)12-5-14(18)15(19)6-13(12)17/h3-6,9,22H,7H2,1-2H3,(H,20,23). The minimum atomic E-state index is -1.14. The maximum atomic E-state index is 13.2. The van der Waals surface area contributed by atoms with Gasteiger partial charge in [0.05, 0.1) is 28.9 Å². The molecule has 4 nitrogen and oxygen atoms in total. The summed E-state index contributed by atoms with van der Waals surface area (Å²) in [5.41, 5.74) is 1.77. The van der Waals surface area contributed by atoms with E-state index in [0.29, 0.717) is 17.0 Å². The molecule has 0 aliphatic carbocycles. The molecule has 1 aromatic heterocycles. The van der Waals surface area contributed by atoms with Crippen molar-refractivity contribution in [3.05, 3.63) is 63.4 Å². The normalized spacial score (nSPS) is 12.1. The number of pyridine rings is 1. The number of nitrogens with one attached hydrogen (secondary N) is 1. The highest BCUT2D eigenvalue weighted by Gasteiger charge is 2.15. The molecule has 0 saturated heterocycles. The molecule has 0 radical (unpaired) electrons. The highest BCUT2D eigenvalue weighted by molar-refractivity contribution is 6.33. The Kier molecular flexibility index (Phi) is 5.28. The summed E-state index contributed by atoms with van der Waals surface area (Å²) in [5.74, 6) is -2.89. The minimum absolute atomic E-state index is 0.0923. The molecule has 23 heavy (non-hydrogen) atoms. The zero-order chi connectivity index (χ0) is 17.1. The fraction of sp³-hybridized carbons (Fsp3) is 0.250. The van der Waals surface area contributed by atoms with Crippen molar-refractivity contribution in [2.24, 2.45) is 0 Å². The number of hydrogen-bond acceptors (Lipinski definition) is 3. The van der Waals surface area contributed by atoms with Gasteiger partial charge in [0.15, 0.2) is 11.6 Å². The maximum Gasteiger partial charge on any atom is 0.253 e. The van der Waals surface area contributed by atoms with Gasteiger partial charge in [0.2, 0.25) is 0 Å². The fourth-order valence-electron chi connectivity index (χ4n) is 2.13. The van der Waals surface area contributed by atoms with Crippen LogP contribution in [0.15, 0.2) is 24.3 Å². The summed E-state index contributed by atoms with van der Waals surface area (Å²) in [5, 5.41) is 11.9. The Morgan fingerprint density at radius 3 is 2.61 bits per heavy atom. The Morgan fingerprint density at radius 2 is 2.00 bits per heavy atom. The van der Waals surface area contributed by atoms with Gasteiger partial charge in [-0.3, -0.25) is 9.78 Å². The number of aliphatic hydroxyl groups is 1. The number of benzene rings is 1. The van der Waals surface area contributed by atoms with Gasteiger partial charge in [0.25, 0.3) is 5.91 Å². The van der Waals surface area contributed by atoms with Crippen LogP contribution in [0.5, 0.6) is 0 Å². The summed E-state index contributed by atoms with van der Waals surface area (Å²) in [6.07, 6.45) is -0.632. The number of nitrogens with zero attached hydrogens (tertiary/aromatic N) is 1. The van der Waals surface area contributed by atoms with Gasteiger partial charge < -0.3 is 10.4 Å². The molecule has 0 aliphatic rings. The molecule has 2 aromatic rings. The molecule has 0 fully saturated rings. The zero-order valence-corrected chi connectivity index (χ0v) is 13.3. The number of halogens is 3. The predicted octanol–water partition coefficient (Wildman–Crippen LogP) is 3.30. The van der Waals surface area contributed by atoms with Crippen LogP contribution >= 0.6 is 11.6 Å². The van der Waals surface area contributed by atoms with Gasteiger partial charge in [-0.25, -0.2) is 8.78 Å². The van der Waals surface area contributed by atoms with Gasteiger partial charge in [0, 0.05) is 11.3 Å². The Labute approximate surface area is 137 Å². The average molecular weight is 341 g/mol. The number of aromatic nitrogens is 1. The molecule has 2 rings (SSSR count). The van der Waals surface area contributed by atoms with Gasteiger partial charge in [-0.1, -0.05) is 17.7 Å². The molecule has 1 aromatic carbocycles. The summed E-state index contributed by atoms with van der Waals surface area (Å²) in [6.45, 7) is 3.48. The monoisotopic (exact) mass is 340 g/mol. The Bertz CT molecular complexity index is 751. The van der Waals surface area contributed by atoms with Gasteiger partial charge in [-0.2, -0.15) is 0 Å². The predicted molar refractivity (Wildman–Crippen MR) is 82.1 cm³/mol. The van der Waals surface area contributed by atoms with Gasteiger partial charge in [0.1, 0.15) is 0 Å². The fourth-order valence-corrected chi connectivity index (χ4v) is 2.36. The Hall–Kier alpha value is -2.05. The lowest BCUT2D eigenvalue weighted by Crippen LogP contribution is -2.24. The number of hydrogen-bond donors (Lipinski definition) is 2. The van der Waals surface area contributed by atoms with Crippen molar-refractivity contribution in [1.82, 2.24) is 10.3 Å². The molecule has 1 amide bonds. The molecule has 2 N–H and O–H groups in total. The van der Waals surface area contributed by atoms with Crippen LogP contribution in [0.2, 0.25) is 5.02 Å². The molecular formula is C16H15ClF2N2O2. The third-order valence-corrected chi connectivity index (χ3v) is 3.63. The van der Waals surface area contributed by atoms with E-state index in [9.17, 15) is 18.7 Å². The second kappa shape index (κ2) is 7.02. The van der Waals surface area contributed by atoms with Gasteiger partial charge in [-0.15, -0.1) is 0 Å². The Morgan fingerprint density at radius 1 is 1.35 bits per heavy atom. The van der Waals surface area contributed by atoms with Crippen LogP contribution in [-0.2, 0) is 6.54 Å². The van der Waals surface area contributed by atoms with E-state index in [1.54, 1.807) is 26.0 Å². The van der Waals surface area contributed by atoms with Crippen LogP contribution in [0.4, 0.5) is 8.78 Å². The van der Waals surface area contributed by atoms with E-state index in [1.807, 2.05) is 0 Å². The molecule has 7 heteroatoms. The highest BCUT2D eigenvalue weighted by Crippen LogP contribution is 2.20. The first-order valence-corrected chi connectivity index (χ1v) is 7.24. The molecule has 0 aliphatic heterocycles. The summed E-state index contributed by atoms with van der Waals surface area (Å²) in [4.78, 5) is 16.3. The van der Waals surface area contributed by atoms with Gasteiger partial charge >= 0.3 is 0 Å². The lowest BCUT2D eigenvalue weighted by atomic mass is 10.1. The second-order valence-electron chi connectivity index (χ2n) is 5.08. The lowest BCUT2D eigenvalue weighted by molar-refractivity contribution is 0.0950. The number of aryl methyl sites for hydroxylation is 1. The van der Waals surface area contributed by atoms with Crippen molar-refractivity contribution in [1.29, 1.82) is 0 Å². The molecule has 1 heterocycles. The second-order valence-corrected chi connectivity index (χ2v) is 5.49. The summed E-state index contributed by atoms with van der Waals surface area (Å²) < 4.78 is 26.2. The average Bonchev–Trinajstić information content (AvgIpc) is 2.48. The molecule has 0 saturated carbocycles. The number of rotatable bonds is 4. The minimum Gasteiger partial charge on any atom is -0.389 e. The quantitative estimate of drug-likeness (QED) is 0.839. The first-order chi connectivity index (χ1) is 10.8. The van der Waals surface area contributed by atoms with Crippen molar-refractivity contribution >= 4 is 17.5 Å². The molecule has 0 bridgehead atoms. The number of aliphatic hydroxyl groups excluding tert-OH is 1. The lowest BCUT2D eigenvalue weighted by Gasteiger charge is -2.11. The molecule has 0 spiro atoms. The number of carbonyl (C=O) groups is 1. The van der Waals surface area contributed by atoms with E-state index in [0.717, 1.165) is 12.1 Å². The van der Waals surface area contributed by atoms with Crippen LogP contribution in [0.3, 0.4) is 0 Å². The molecule has 122 valence electrons.